The Labute approximate surface area is 158 Å². The lowest BCUT2D eigenvalue weighted by Gasteiger charge is -2.31. The molecule has 3 rings (SSSR count). The lowest BCUT2D eigenvalue weighted by Crippen LogP contribution is -2.51. The van der Waals surface area contributed by atoms with Gasteiger partial charge in [-0.15, -0.1) is 0 Å². The topological polar surface area (TPSA) is 105 Å². The van der Waals surface area contributed by atoms with Crippen molar-refractivity contribution in [3.05, 3.63) is 67.2 Å². The third kappa shape index (κ3) is 3.33. The van der Waals surface area contributed by atoms with E-state index in [0.29, 0.717) is 11.0 Å². The van der Waals surface area contributed by atoms with Gasteiger partial charge in [-0.3, -0.25) is 14.3 Å². The Morgan fingerprint density at radius 1 is 1.03 bits per heavy atom. The van der Waals surface area contributed by atoms with Gasteiger partial charge in [0.15, 0.2) is 29.0 Å². The molecule has 0 bridgehead atoms. The molecule has 3 N–H and O–H groups in total. The van der Waals surface area contributed by atoms with Gasteiger partial charge in [0.2, 0.25) is 12.1 Å². The molecule has 1 atom stereocenters. The molecule has 1 aromatic heterocycles. The summed E-state index contributed by atoms with van der Waals surface area (Å²) in [7, 11) is 0. The zero-order valence-corrected chi connectivity index (χ0v) is 14.2. The number of aliphatic hydroxyl groups excluding tert-OH is 1. The van der Waals surface area contributed by atoms with Crippen LogP contribution >= 0.6 is 0 Å². The van der Waals surface area contributed by atoms with E-state index in [1.54, 1.807) is 5.92 Å². The van der Waals surface area contributed by atoms with Crippen LogP contribution < -0.4 is 11.2 Å². The van der Waals surface area contributed by atoms with E-state index in [4.69, 9.17) is 4.74 Å². The van der Waals surface area contributed by atoms with Gasteiger partial charge in [-0.05, 0) is 6.42 Å². The van der Waals surface area contributed by atoms with E-state index in [2.05, 4.69) is 0 Å². The van der Waals surface area contributed by atoms with Crippen molar-refractivity contribution in [2.75, 3.05) is 6.61 Å². The Kier molecular flexibility index (Phi) is 5.31. The number of hydrogen-bond acceptors (Lipinski definition) is 5. The molecule has 0 radical (unpaired) electrons. The molecule has 2 aromatic rings. The van der Waals surface area contributed by atoms with Crippen LogP contribution in [0.15, 0.2) is 15.8 Å². The molecule has 1 fully saturated rings. The van der Waals surface area contributed by atoms with Crippen molar-refractivity contribution in [1.82, 2.24) is 9.55 Å². The first-order valence-corrected chi connectivity index (χ1v) is 8.00. The van der Waals surface area contributed by atoms with Gasteiger partial charge in [-0.2, -0.15) is 0 Å². The maximum absolute atomic E-state index is 13.7. The largest absolute Gasteiger partial charge is 0.364 e. The molecule has 1 aliphatic rings. The minimum absolute atomic E-state index is 0.0267. The Hall–Kier alpha value is -3.01. The van der Waals surface area contributed by atoms with Gasteiger partial charge in [0.05, 0.1) is 0 Å². The van der Waals surface area contributed by atoms with Crippen LogP contribution in [0.2, 0.25) is 0 Å². The first-order chi connectivity index (χ1) is 13.6. The van der Waals surface area contributed by atoms with Crippen molar-refractivity contribution in [1.29, 1.82) is 0 Å². The fraction of sp³-hybridized carbons (Fsp3) is 0.294. The maximum Gasteiger partial charge on any atom is 0.330 e. The van der Waals surface area contributed by atoms with Gasteiger partial charge < -0.3 is 14.9 Å². The van der Waals surface area contributed by atoms with Gasteiger partial charge >= 0.3 is 5.69 Å². The van der Waals surface area contributed by atoms with Gasteiger partial charge in [0.1, 0.15) is 11.1 Å². The minimum Gasteiger partial charge on any atom is -0.364 e. The Bertz CT molecular complexity index is 1130. The third-order valence-electron chi connectivity index (χ3n) is 4.32. The first kappa shape index (κ1) is 20.7. The summed E-state index contributed by atoms with van der Waals surface area (Å²) in [4.78, 5) is 25.8. The highest BCUT2D eigenvalue weighted by Gasteiger charge is 2.44. The zero-order valence-electron chi connectivity index (χ0n) is 14.2. The summed E-state index contributed by atoms with van der Waals surface area (Å²) >= 11 is 0. The van der Waals surface area contributed by atoms with E-state index in [0.717, 1.165) is 6.20 Å². The number of hydrogen-bond donors (Lipinski definition) is 3. The number of H-pyrrole nitrogens is 1. The van der Waals surface area contributed by atoms with Crippen LogP contribution in [0, 0.1) is 40.9 Å². The van der Waals surface area contributed by atoms with E-state index < -0.39 is 63.5 Å². The molecule has 1 aromatic carbocycles. The fourth-order valence-corrected chi connectivity index (χ4v) is 2.85. The molecule has 2 heterocycles. The fourth-order valence-electron chi connectivity index (χ4n) is 2.85. The number of aliphatic hydroxyl groups is 2. The first-order valence-electron chi connectivity index (χ1n) is 8.00. The minimum atomic E-state index is -2.37. The molecule has 0 saturated carbocycles. The lowest BCUT2D eigenvalue weighted by atomic mass is 10.1. The summed E-state index contributed by atoms with van der Waals surface area (Å²) in [6.45, 7) is 0.0642. The normalized spacial score (nSPS) is 18.8. The second-order valence-electron chi connectivity index (χ2n) is 6.04. The van der Waals surface area contributed by atoms with E-state index in [1.807, 2.05) is 10.9 Å². The smallest absolute Gasteiger partial charge is 0.330 e. The van der Waals surface area contributed by atoms with Crippen molar-refractivity contribution in [3.8, 4) is 11.8 Å². The van der Waals surface area contributed by atoms with Gasteiger partial charge in [-0.25, -0.2) is 26.7 Å². The van der Waals surface area contributed by atoms with E-state index >= 15 is 0 Å². The van der Waals surface area contributed by atoms with Crippen LogP contribution in [0.1, 0.15) is 24.0 Å². The highest BCUT2D eigenvalue weighted by atomic mass is 19.2. The monoisotopic (exact) mass is 418 g/mol. The zero-order chi connectivity index (χ0) is 21.5. The second kappa shape index (κ2) is 7.43. The van der Waals surface area contributed by atoms with Gasteiger partial charge in [0, 0.05) is 19.2 Å². The number of nitrogens with zero attached hydrogens (tertiary/aromatic N) is 1. The van der Waals surface area contributed by atoms with E-state index in [1.165, 1.54) is 0 Å². The molecule has 1 aliphatic heterocycles. The number of aromatic nitrogens is 2. The lowest BCUT2D eigenvalue weighted by molar-refractivity contribution is -0.233. The highest BCUT2D eigenvalue weighted by molar-refractivity contribution is 5.43. The standard InChI is InChI=1S/C17H11F5N2O5/c18-9-8(10(19)12(21)13(22)11(9)20)3-2-7-6-24(16(28)23-14(7)25)17(15(26)27)4-1-5-29-17/h6,15,26-27H,1,4-5H2,(H,23,25,28)/t17-/m1/s1. The molecule has 0 aliphatic carbocycles. The van der Waals surface area contributed by atoms with E-state index in [-0.39, 0.29) is 13.0 Å². The van der Waals surface area contributed by atoms with E-state index in [9.17, 15) is 41.8 Å². The Balaban J connectivity index is 2.17. The summed E-state index contributed by atoms with van der Waals surface area (Å²) in [5.41, 5.74) is -6.27. The maximum atomic E-state index is 13.7. The predicted molar refractivity (Wildman–Crippen MR) is 84.9 cm³/mol. The van der Waals surface area contributed by atoms with Crippen LogP contribution in [0.3, 0.4) is 0 Å². The number of ether oxygens (including phenoxy) is 1. The third-order valence-corrected chi connectivity index (χ3v) is 4.32. The quantitative estimate of drug-likeness (QED) is 0.216. The summed E-state index contributed by atoms with van der Waals surface area (Å²) in [6.07, 6.45) is -1.12. The number of halogens is 5. The molecule has 154 valence electrons. The summed E-state index contributed by atoms with van der Waals surface area (Å²) in [5.74, 6) is -7.58. The average molecular weight is 418 g/mol. The number of nitrogens with one attached hydrogen (secondary N) is 1. The van der Waals surface area contributed by atoms with Crippen LogP contribution in [-0.2, 0) is 10.5 Å². The summed E-state index contributed by atoms with van der Waals surface area (Å²) in [6, 6.07) is 0. The van der Waals surface area contributed by atoms with Crippen LogP contribution in [0.4, 0.5) is 22.0 Å². The summed E-state index contributed by atoms with van der Waals surface area (Å²) < 4.78 is 72.9. The Morgan fingerprint density at radius 3 is 2.14 bits per heavy atom. The molecule has 0 unspecified atom stereocenters. The SMILES string of the molecule is O=c1[nH]c(=O)n([C@]2(C(O)O)CCCO2)cc1C#Cc1c(F)c(F)c(F)c(F)c1F. The molecule has 1 saturated heterocycles. The van der Waals surface area contributed by atoms with Crippen LogP contribution in [-0.4, -0.2) is 32.7 Å². The molecule has 0 spiro atoms. The molecule has 29 heavy (non-hydrogen) atoms. The number of rotatable bonds is 2. The predicted octanol–water partition coefficient (Wildman–Crippen LogP) is 0.406. The van der Waals surface area contributed by atoms with Crippen molar-refractivity contribution in [3.63, 3.8) is 0 Å². The molecule has 0 amide bonds. The van der Waals surface area contributed by atoms with Crippen molar-refractivity contribution in [2.45, 2.75) is 24.9 Å². The highest BCUT2D eigenvalue weighted by Crippen LogP contribution is 2.32. The molecular weight excluding hydrogens is 407 g/mol. The number of aromatic amines is 1. The van der Waals surface area contributed by atoms with Gasteiger partial charge in [0.25, 0.3) is 5.56 Å². The average Bonchev–Trinajstić information content (AvgIpc) is 3.17. The number of benzene rings is 1. The molecular formula is C17H11F5N2O5. The van der Waals surface area contributed by atoms with Crippen molar-refractivity contribution < 1.29 is 36.9 Å². The Morgan fingerprint density at radius 2 is 1.62 bits per heavy atom. The van der Waals surface area contributed by atoms with Crippen molar-refractivity contribution >= 4 is 0 Å². The van der Waals surface area contributed by atoms with Crippen LogP contribution in [0.25, 0.3) is 0 Å². The van der Waals surface area contributed by atoms with Crippen LogP contribution in [0.5, 0.6) is 0 Å². The molecule has 12 heteroatoms. The second-order valence-corrected chi connectivity index (χ2v) is 6.04. The van der Waals surface area contributed by atoms with Gasteiger partial charge in [-0.1, -0.05) is 11.8 Å². The summed E-state index contributed by atoms with van der Waals surface area (Å²) in [5, 5.41) is 19.3. The van der Waals surface area contributed by atoms with Crippen molar-refractivity contribution in [2.24, 2.45) is 0 Å². The molecule has 7 nitrogen and oxygen atoms in total.